The van der Waals surface area contributed by atoms with Crippen molar-refractivity contribution >= 4 is 27.5 Å². The van der Waals surface area contributed by atoms with Gasteiger partial charge in [0, 0.05) is 19.1 Å². The van der Waals surface area contributed by atoms with E-state index < -0.39 is 0 Å². The summed E-state index contributed by atoms with van der Waals surface area (Å²) in [5.41, 5.74) is 0.545. The van der Waals surface area contributed by atoms with Crippen LogP contribution in [0.5, 0.6) is 0 Å². The molecule has 0 aliphatic carbocycles. The summed E-state index contributed by atoms with van der Waals surface area (Å²) in [4.78, 5) is 32.9. The van der Waals surface area contributed by atoms with Crippen LogP contribution in [-0.4, -0.2) is 45.5 Å². The average Bonchev–Trinajstić information content (AvgIpc) is 2.94. The first kappa shape index (κ1) is 18.1. The molecule has 25 heavy (non-hydrogen) atoms. The zero-order valence-electron chi connectivity index (χ0n) is 15.4. The molecule has 1 aliphatic rings. The number of carbonyl (C=O) groups excluding carboxylic acids is 1. The molecule has 2 aromatic rings. The van der Waals surface area contributed by atoms with Crippen molar-refractivity contribution in [2.24, 2.45) is 7.05 Å². The van der Waals surface area contributed by atoms with Gasteiger partial charge in [-0.1, -0.05) is 6.42 Å². The number of fused-ring (bicyclic) bond motifs is 1. The maximum absolute atomic E-state index is 12.7. The third-order valence-electron chi connectivity index (χ3n) is 5.11. The molecule has 6 nitrogen and oxygen atoms in total. The molecule has 0 radical (unpaired) electrons. The lowest BCUT2D eigenvalue weighted by Gasteiger charge is -2.41. The minimum absolute atomic E-state index is 0.0744. The van der Waals surface area contributed by atoms with Crippen LogP contribution >= 0.6 is 11.3 Å². The Morgan fingerprint density at radius 2 is 2.00 bits per heavy atom. The van der Waals surface area contributed by atoms with E-state index in [0.29, 0.717) is 21.6 Å². The first-order valence-corrected chi connectivity index (χ1v) is 9.61. The Morgan fingerprint density at radius 3 is 2.68 bits per heavy atom. The van der Waals surface area contributed by atoms with Gasteiger partial charge in [-0.05, 0) is 52.3 Å². The van der Waals surface area contributed by atoms with E-state index in [9.17, 15) is 9.59 Å². The van der Waals surface area contributed by atoms with Gasteiger partial charge in [0.1, 0.15) is 4.83 Å². The van der Waals surface area contributed by atoms with Gasteiger partial charge in [0.05, 0.1) is 16.6 Å². The molecule has 3 rings (SSSR count). The second-order valence-corrected chi connectivity index (χ2v) is 8.44. The van der Waals surface area contributed by atoms with Crippen molar-refractivity contribution in [2.45, 2.75) is 45.6 Å². The number of aryl methyl sites for hydroxylation is 2. The summed E-state index contributed by atoms with van der Waals surface area (Å²) in [5, 5.41) is 3.62. The van der Waals surface area contributed by atoms with Crippen LogP contribution in [0, 0.1) is 6.92 Å². The average molecular weight is 362 g/mol. The lowest BCUT2D eigenvalue weighted by atomic mass is 9.98. The number of piperidine rings is 1. The van der Waals surface area contributed by atoms with Gasteiger partial charge in [-0.2, -0.15) is 0 Å². The van der Waals surface area contributed by atoms with Crippen LogP contribution in [0.4, 0.5) is 0 Å². The van der Waals surface area contributed by atoms with Crippen LogP contribution in [0.25, 0.3) is 10.2 Å². The van der Waals surface area contributed by atoms with Gasteiger partial charge in [0.25, 0.3) is 11.5 Å². The highest BCUT2D eigenvalue weighted by Gasteiger charge is 2.29. The molecule has 0 unspecified atom stereocenters. The van der Waals surface area contributed by atoms with Gasteiger partial charge >= 0.3 is 0 Å². The number of rotatable bonds is 4. The molecule has 2 aromatic heterocycles. The molecule has 136 valence electrons. The number of carbonyl (C=O) groups is 1. The molecule has 7 heteroatoms. The van der Waals surface area contributed by atoms with E-state index in [2.05, 4.69) is 29.0 Å². The Labute approximate surface area is 151 Å². The van der Waals surface area contributed by atoms with Crippen LogP contribution < -0.4 is 10.9 Å². The number of thiophene rings is 1. The summed E-state index contributed by atoms with van der Waals surface area (Å²) in [6, 6.07) is 0. The number of aromatic nitrogens is 2. The largest absolute Gasteiger partial charge is 0.349 e. The zero-order chi connectivity index (χ0) is 18.2. The summed E-state index contributed by atoms with van der Waals surface area (Å²) in [6.45, 7) is 8.94. The Balaban J connectivity index is 1.77. The van der Waals surface area contributed by atoms with Gasteiger partial charge in [-0.3, -0.25) is 14.5 Å². The van der Waals surface area contributed by atoms with Gasteiger partial charge in [0.2, 0.25) is 0 Å². The molecule has 0 bridgehead atoms. The second-order valence-electron chi connectivity index (χ2n) is 7.44. The summed E-state index contributed by atoms with van der Waals surface area (Å²) < 4.78 is 1.45. The number of hydrogen-bond acceptors (Lipinski definition) is 5. The van der Waals surface area contributed by atoms with E-state index >= 15 is 0 Å². The van der Waals surface area contributed by atoms with Gasteiger partial charge in [0.15, 0.2) is 0 Å². The fourth-order valence-electron chi connectivity index (χ4n) is 3.41. The number of hydrogen-bond donors (Lipinski definition) is 1. The molecular formula is C18H26N4O2S. The van der Waals surface area contributed by atoms with Gasteiger partial charge < -0.3 is 9.88 Å². The number of nitrogens with one attached hydrogen (secondary N) is 1. The molecule has 1 saturated heterocycles. The summed E-state index contributed by atoms with van der Waals surface area (Å²) in [5.74, 6) is -0.118. The van der Waals surface area contributed by atoms with Crippen molar-refractivity contribution in [3.8, 4) is 0 Å². The van der Waals surface area contributed by atoms with E-state index in [1.54, 1.807) is 7.05 Å². The summed E-state index contributed by atoms with van der Waals surface area (Å²) in [7, 11) is 1.67. The first-order valence-electron chi connectivity index (χ1n) is 8.79. The molecule has 0 spiro atoms. The van der Waals surface area contributed by atoms with E-state index in [4.69, 9.17) is 0 Å². The number of amides is 1. The molecule has 0 saturated carbocycles. The first-order chi connectivity index (χ1) is 11.8. The third-order valence-corrected chi connectivity index (χ3v) is 6.31. The maximum Gasteiger partial charge on any atom is 0.262 e. The quantitative estimate of drug-likeness (QED) is 0.906. The minimum Gasteiger partial charge on any atom is -0.349 e. The second kappa shape index (κ2) is 6.88. The number of likely N-dealkylation sites (tertiary alicyclic amines) is 1. The Bertz CT molecular complexity index is 847. The van der Waals surface area contributed by atoms with Crippen LogP contribution in [0.1, 0.15) is 48.3 Å². The molecular weight excluding hydrogens is 336 g/mol. The highest BCUT2D eigenvalue weighted by molar-refractivity contribution is 7.20. The van der Waals surface area contributed by atoms with Crippen LogP contribution in [-0.2, 0) is 7.05 Å². The molecule has 0 atom stereocenters. The lowest BCUT2D eigenvalue weighted by molar-refractivity contribution is 0.0800. The third kappa shape index (κ3) is 3.48. The predicted molar refractivity (Wildman–Crippen MR) is 101 cm³/mol. The van der Waals surface area contributed by atoms with E-state index in [-0.39, 0.29) is 17.0 Å². The summed E-state index contributed by atoms with van der Waals surface area (Å²) in [6.07, 6.45) is 5.24. The van der Waals surface area contributed by atoms with Crippen molar-refractivity contribution in [1.29, 1.82) is 0 Å². The van der Waals surface area contributed by atoms with Crippen LogP contribution in [0.3, 0.4) is 0 Å². The summed E-state index contributed by atoms with van der Waals surface area (Å²) >= 11 is 1.29. The van der Waals surface area contributed by atoms with Crippen LogP contribution in [0.2, 0.25) is 0 Å². The monoisotopic (exact) mass is 362 g/mol. The fourth-order valence-corrected chi connectivity index (χ4v) is 4.47. The SMILES string of the molecule is Cc1c(C(=O)NCC(C)(C)N2CCCCC2)sc2ncn(C)c(=O)c12. The van der Waals surface area contributed by atoms with Crippen LogP contribution in [0.15, 0.2) is 11.1 Å². The smallest absolute Gasteiger partial charge is 0.262 e. The maximum atomic E-state index is 12.7. The highest BCUT2D eigenvalue weighted by Crippen LogP contribution is 2.27. The van der Waals surface area contributed by atoms with E-state index in [1.165, 1.54) is 41.5 Å². The number of nitrogens with zero attached hydrogens (tertiary/aromatic N) is 3. The molecule has 3 heterocycles. The fraction of sp³-hybridized carbons (Fsp3) is 0.611. The molecule has 1 aliphatic heterocycles. The van der Waals surface area contributed by atoms with Crippen molar-refractivity contribution in [1.82, 2.24) is 19.8 Å². The van der Waals surface area contributed by atoms with Crippen molar-refractivity contribution in [3.05, 3.63) is 27.1 Å². The van der Waals surface area contributed by atoms with Crippen molar-refractivity contribution in [3.63, 3.8) is 0 Å². The Kier molecular flexibility index (Phi) is 4.97. The standard InChI is InChI=1S/C18H26N4O2S/c1-12-13-16(20-11-21(4)17(13)24)25-14(12)15(23)19-10-18(2,3)22-8-6-5-7-9-22/h11H,5-10H2,1-4H3,(H,19,23). The Hall–Kier alpha value is -1.73. The molecule has 1 N–H and O–H groups in total. The minimum atomic E-state index is -0.118. The highest BCUT2D eigenvalue weighted by atomic mass is 32.1. The van der Waals surface area contributed by atoms with Gasteiger partial charge in [-0.15, -0.1) is 11.3 Å². The molecule has 1 amide bonds. The van der Waals surface area contributed by atoms with E-state index in [1.807, 2.05) is 6.92 Å². The predicted octanol–water partition coefficient (Wildman–Crippen LogP) is 2.30. The van der Waals surface area contributed by atoms with Gasteiger partial charge in [-0.25, -0.2) is 4.98 Å². The topological polar surface area (TPSA) is 67.2 Å². The van der Waals surface area contributed by atoms with E-state index in [0.717, 1.165) is 18.7 Å². The molecule has 0 aromatic carbocycles. The van der Waals surface area contributed by atoms with Crippen molar-refractivity contribution < 1.29 is 4.79 Å². The lowest BCUT2D eigenvalue weighted by Crippen LogP contribution is -2.53. The Morgan fingerprint density at radius 1 is 1.32 bits per heavy atom. The molecule has 1 fully saturated rings. The zero-order valence-corrected chi connectivity index (χ0v) is 16.2. The normalized spacial score (nSPS) is 16.3. The van der Waals surface area contributed by atoms with Crippen molar-refractivity contribution in [2.75, 3.05) is 19.6 Å².